The number of urea groups is 1. The van der Waals surface area contributed by atoms with E-state index in [1.54, 1.807) is 0 Å². The van der Waals surface area contributed by atoms with Crippen molar-refractivity contribution in [2.75, 3.05) is 11.9 Å². The number of aryl methyl sites for hydroxylation is 1. The van der Waals surface area contributed by atoms with Gasteiger partial charge in [-0.2, -0.15) is 0 Å². The third-order valence-electron chi connectivity index (χ3n) is 3.09. The van der Waals surface area contributed by atoms with E-state index in [0.29, 0.717) is 6.42 Å². The number of amides is 2. The summed E-state index contributed by atoms with van der Waals surface area (Å²) in [5, 5.41) is 14.7. The Bertz CT molecular complexity index is 393. The molecule has 0 radical (unpaired) electrons. The van der Waals surface area contributed by atoms with Crippen LogP contribution in [0.15, 0.2) is 24.3 Å². The van der Waals surface area contributed by atoms with Crippen LogP contribution >= 0.6 is 0 Å². The fraction of sp³-hybridized carbons (Fsp3) is 0.533. The fourth-order valence-corrected chi connectivity index (χ4v) is 2.01. The Kier molecular flexibility index (Phi) is 6.97. The summed E-state index contributed by atoms with van der Waals surface area (Å²) in [6, 6.07) is 7.66. The van der Waals surface area contributed by atoms with Crippen molar-refractivity contribution in [3.05, 3.63) is 29.8 Å². The Labute approximate surface area is 115 Å². The monoisotopic (exact) mass is 264 g/mol. The molecule has 3 N–H and O–H groups in total. The van der Waals surface area contributed by atoms with Gasteiger partial charge >= 0.3 is 6.03 Å². The summed E-state index contributed by atoms with van der Waals surface area (Å²) in [7, 11) is 0. The highest BCUT2D eigenvalue weighted by molar-refractivity contribution is 5.90. The minimum atomic E-state index is -0.205. The SMILES string of the molecule is CCCc1ccccc1NC(=O)NC(CC)CCO. The molecule has 1 rings (SSSR count). The number of hydrogen-bond donors (Lipinski definition) is 3. The van der Waals surface area contributed by atoms with Crippen LogP contribution in [0.5, 0.6) is 0 Å². The van der Waals surface area contributed by atoms with Crippen molar-refractivity contribution < 1.29 is 9.90 Å². The van der Waals surface area contributed by atoms with Crippen LogP contribution in [0.3, 0.4) is 0 Å². The zero-order chi connectivity index (χ0) is 14.1. The second-order valence-electron chi connectivity index (χ2n) is 4.62. The molecular formula is C15H24N2O2. The number of benzene rings is 1. The molecule has 4 heteroatoms. The van der Waals surface area contributed by atoms with Crippen molar-refractivity contribution in [3.8, 4) is 0 Å². The molecule has 106 valence electrons. The Balaban J connectivity index is 2.61. The molecule has 4 nitrogen and oxygen atoms in total. The summed E-state index contributed by atoms with van der Waals surface area (Å²) in [6.45, 7) is 4.20. The highest BCUT2D eigenvalue weighted by Crippen LogP contribution is 2.16. The molecule has 1 unspecified atom stereocenters. The molecule has 0 aliphatic carbocycles. The van der Waals surface area contributed by atoms with E-state index in [-0.39, 0.29) is 18.7 Å². The van der Waals surface area contributed by atoms with Crippen molar-refractivity contribution in [2.45, 2.75) is 45.6 Å². The molecule has 1 atom stereocenters. The minimum Gasteiger partial charge on any atom is -0.396 e. The van der Waals surface area contributed by atoms with Crippen LogP contribution in [0.4, 0.5) is 10.5 Å². The zero-order valence-electron chi connectivity index (χ0n) is 11.8. The van der Waals surface area contributed by atoms with Gasteiger partial charge in [-0.25, -0.2) is 4.79 Å². The number of anilines is 1. The smallest absolute Gasteiger partial charge is 0.319 e. The summed E-state index contributed by atoms with van der Waals surface area (Å²) in [5.74, 6) is 0. The summed E-state index contributed by atoms with van der Waals surface area (Å²) in [6.07, 6.45) is 3.39. The molecule has 0 aliphatic rings. The first-order valence-corrected chi connectivity index (χ1v) is 6.97. The van der Waals surface area contributed by atoms with E-state index in [2.05, 4.69) is 17.6 Å². The summed E-state index contributed by atoms with van der Waals surface area (Å²) < 4.78 is 0. The maximum atomic E-state index is 11.9. The minimum absolute atomic E-state index is 0.0170. The van der Waals surface area contributed by atoms with Gasteiger partial charge in [0, 0.05) is 18.3 Å². The van der Waals surface area contributed by atoms with E-state index in [9.17, 15) is 4.79 Å². The van der Waals surface area contributed by atoms with Gasteiger partial charge in [0.15, 0.2) is 0 Å². The maximum absolute atomic E-state index is 11.9. The van der Waals surface area contributed by atoms with Gasteiger partial charge in [-0.1, -0.05) is 38.5 Å². The molecule has 0 spiro atoms. The van der Waals surface area contributed by atoms with E-state index in [4.69, 9.17) is 5.11 Å². The third kappa shape index (κ3) is 5.30. The first-order chi connectivity index (χ1) is 9.21. The molecule has 0 aromatic heterocycles. The first-order valence-electron chi connectivity index (χ1n) is 6.97. The molecular weight excluding hydrogens is 240 g/mol. The molecule has 1 aromatic carbocycles. The van der Waals surface area contributed by atoms with Gasteiger partial charge < -0.3 is 15.7 Å². The molecule has 1 aromatic rings. The number of aliphatic hydroxyl groups excluding tert-OH is 1. The Morgan fingerprint density at radius 2 is 2.05 bits per heavy atom. The van der Waals surface area contributed by atoms with Crippen molar-refractivity contribution >= 4 is 11.7 Å². The molecule has 0 aliphatic heterocycles. The van der Waals surface area contributed by atoms with Crippen molar-refractivity contribution in [1.29, 1.82) is 0 Å². The number of carbonyl (C=O) groups is 1. The first kappa shape index (κ1) is 15.5. The second kappa shape index (κ2) is 8.53. The molecule has 0 saturated carbocycles. The Morgan fingerprint density at radius 1 is 1.32 bits per heavy atom. The molecule has 0 fully saturated rings. The average Bonchev–Trinajstić information content (AvgIpc) is 2.40. The lowest BCUT2D eigenvalue weighted by Crippen LogP contribution is -2.38. The number of para-hydroxylation sites is 1. The topological polar surface area (TPSA) is 61.4 Å². The van der Waals surface area contributed by atoms with E-state index in [1.807, 2.05) is 31.2 Å². The van der Waals surface area contributed by atoms with E-state index in [1.165, 1.54) is 0 Å². The summed E-state index contributed by atoms with van der Waals surface area (Å²) in [5.41, 5.74) is 2.01. The Hall–Kier alpha value is -1.55. The number of hydrogen-bond acceptors (Lipinski definition) is 2. The van der Waals surface area contributed by atoms with E-state index < -0.39 is 0 Å². The number of carbonyl (C=O) groups excluding carboxylic acids is 1. The highest BCUT2D eigenvalue weighted by Gasteiger charge is 2.11. The molecule has 2 amide bonds. The predicted octanol–water partition coefficient (Wildman–Crippen LogP) is 2.92. The van der Waals surface area contributed by atoms with Crippen LogP contribution in [-0.2, 0) is 6.42 Å². The van der Waals surface area contributed by atoms with Gasteiger partial charge in [0.1, 0.15) is 0 Å². The van der Waals surface area contributed by atoms with Crippen LogP contribution in [0.2, 0.25) is 0 Å². The standard InChI is InChI=1S/C15H24N2O2/c1-3-7-12-8-5-6-9-14(12)17-15(19)16-13(4-2)10-11-18/h5-6,8-9,13,18H,3-4,7,10-11H2,1-2H3,(H2,16,17,19). The number of aliphatic hydroxyl groups is 1. The Morgan fingerprint density at radius 3 is 2.68 bits per heavy atom. The largest absolute Gasteiger partial charge is 0.396 e. The van der Waals surface area contributed by atoms with Gasteiger partial charge in [-0.3, -0.25) is 0 Å². The number of rotatable bonds is 7. The lowest BCUT2D eigenvalue weighted by molar-refractivity contribution is 0.237. The molecule has 0 saturated heterocycles. The fourth-order valence-electron chi connectivity index (χ4n) is 2.01. The van der Waals surface area contributed by atoms with Gasteiger partial charge in [0.2, 0.25) is 0 Å². The summed E-state index contributed by atoms with van der Waals surface area (Å²) >= 11 is 0. The molecule has 19 heavy (non-hydrogen) atoms. The quantitative estimate of drug-likeness (QED) is 0.709. The van der Waals surface area contributed by atoms with Crippen molar-refractivity contribution in [3.63, 3.8) is 0 Å². The van der Waals surface area contributed by atoms with Gasteiger partial charge in [-0.15, -0.1) is 0 Å². The predicted molar refractivity (Wildman–Crippen MR) is 78.4 cm³/mol. The maximum Gasteiger partial charge on any atom is 0.319 e. The normalized spacial score (nSPS) is 11.9. The second-order valence-corrected chi connectivity index (χ2v) is 4.62. The van der Waals surface area contributed by atoms with Crippen molar-refractivity contribution in [2.24, 2.45) is 0 Å². The molecule has 0 heterocycles. The van der Waals surface area contributed by atoms with Gasteiger partial charge in [-0.05, 0) is 30.9 Å². The summed E-state index contributed by atoms with van der Waals surface area (Å²) in [4.78, 5) is 11.9. The van der Waals surface area contributed by atoms with Crippen molar-refractivity contribution in [1.82, 2.24) is 5.32 Å². The molecule has 0 bridgehead atoms. The lowest BCUT2D eigenvalue weighted by Gasteiger charge is -2.17. The van der Waals surface area contributed by atoms with Crippen LogP contribution < -0.4 is 10.6 Å². The van der Waals surface area contributed by atoms with Crippen LogP contribution in [0.1, 0.15) is 38.7 Å². The van der Waals surface area contributed by atoms with Crippen LogP contribution in [-0.4, -0.2) is 23.8 Å². The van der Waals surface area contributed by atoms with E-state index in [0.717, 1.165) is 30.5 Å². The van der Waals surface area contributed by atoms with Crippen LogP contribution in [0.25, 0.3) is 0 Å². The van der Waals surface area contributed by atoms with E-state index >= 15 is 0 Å². The lowest BCUT2D eigenvalue weighted by atomic mass is 10.1. The number of nitrogens with one attached hydrogen (secondary N) is 2. The third-order valence-corrected chi connectivity index (χ3v) is 3.09. The van der Waals surface area contributed by atoms with Gasteiger partial charge in [0.05, 0.1) is 0 Å². The van der Waals surface area contributed by atoms with Gasteiger partial charge in [0.25, 0.3) is 0 Å². The highest BCUT2D eigenvalue weighted by atomic mass is 16.3. The average molecular weight is 264 g/mol. The van der Waals surface area contributed by atoms with Crippen LogP contribution in [0, 0.1) is 0 Å². The zero-order valence-corrected chi connectivity index (χ0v) is 11.8.